The summed E-state index contributed by atoms with van der Waals surface area (Å²) in [6.07, 6.45) is 5.97. The first-order valence-corrected chi connectivity index (χ1v) is 8.77. The predicted molar refractivity (Wildman–Crippen MR) is 92.7 cm³/mol. The number of ether oxygens (including phenoxy) is 1. The molecule has 0 radical (unpaired) electrons. The second-order valence-electron chi connectivity index (χ2n) is 7.82. The van der Waals surface area contributed by atoms with Crippen molar-refractivity contribution in [2.45, 2.75) is 64.5 Å². The lowest BCUT2D eigenvalue weighted by atomic mass is 10.1. The van der Waals surface area contributed by atoms with Crippen molar-refractivity contribution in [2.24, 2.45) is 5.92 Å². The summed E-state index contributed by atoms with van der Waals surface area (Å²) in [6.45, 7) is 6.72. The molecule has 23 heavy (non-hydrogen) atoms. The monoisotopic (exact) mass is 316 g/mol. The number of hydrogen-bond donors (Lipinski definition) is 2. The van der Waals surface area contributed by atoms with E-state index < -0.39 is 11.7 Å². The molecule has 0 aromatic heterocycles. The number of carbonyl (C=O) groups is 1. The van der Waals surface area contributed by atoms with Gasteiger partial charge in [-0.15, -0.1) is 0 Å². The van der Waals surface area contributed by atoms with Crippen LogP contribution in [0.5, 0.6) is 0 Å². The van der Waals surface area contributed by atoms with Gasteiger partial charge in [-0.05, 0) is 75.8 Å². The molecule has 1 amide bonds. The van der Waals surface area contributed by atoms with Crippen molar-refractivity contribution in [2.75, 3.05) is 11.9 Å². The number of amides is 1. The molecular weight excluding hydrogens is 288 g/mol. The minimum absolute atomic E-state index is 0.394. The first kappa shape index (κ1) is 16.3. The minimum atomic E-state index is -0.475. The van der Waals surface area contributed by atoms with E-state index in [4.69, 9.17) is 4.74 Å². The fourth-order valence-corrected chi connectivity index (χ4v) is 3.20. The smallest absolute Gasteiger partial charge is 0.412 e. The third-order valence-electron chi connectivity index (χ3n) is 4.51. The summed E-state index contributed by atoms with van der Waals surface area (Å²) < 4.78 is 5.30. The van der Waals surface area contributed by atoms with Crippen LogP contribution in [0.25, 0.3) is 0 Å². The molecule has 1 atom stereocenters. The van der Waals surface area contributed by atoms with Crippen molar-refractivity contribution in [3.8, 4) is 0 Å². The number of anilines is 1. The van der Waals surface area contributed by atoms with Gasteiger partial charge in [0.1, 0.15) is 5.60 Å². The molecule has 0 heterocycles. The first-order valence-electron chi connectivity index (χ1n) is 8.77. The Balaban J connectivity index is 1.56. The lowest BCUT2D eigenvalue weighted by molar-refractivity contribution is 0.0636. The molecule has 0 spiro atoms. The Kier molecular flexibility index (Phi) is 4.62. The maximum absolute atomic E-state index is 11.9. The molecule has 0 bridgehead atoms. The Labute approximate surface area is 139 Å². The van der Waals surface area contributed by atoms with Gasteiger partial charge in [-0.1, -0.05) is 18.9 Å². The Hall–Kier alpha value is -1.55. The van der Waals surface area contributed by atoms with Gasteiger partial charge in [-0.2, -0.15) is 0 Å². The lowest BCUT2D eigenvalue weighted by Crippen LogP contribution is -2.27. The van der Waals surface area contributed by atoms with Crippen molar-refractivity contribution < 1.29 is 9.53 Å². The quantitative estimate of drug-likeness (QED) is 0.846. The topological polar surface area (TPSA) is 50.4 Å². The minimum Gasteiger partial charge on any atom is -0.444 e. The highest BCUT2D eigenvalue weighted by atomic mass is 16.6. The van der Waals surface area contributed by atoms with Gasteiger partial charge in [0.2, 0.25) is 0 Å². The van der Waals surface area contributed by atoms with Crippen LogP contribution in [0.15, 0.2) is 18.2 Å². The van der Waals surface area contributed by atoms with Gasteiger partial charge in [0.25, 0.3) is 0 Å². The highest BCUT2D eigenvalue weighted by molar-refractivity contribution is 5.85. The maximum atomic E-state index is 11.9. The largest absolute Gasteiger partial charge is 0.444 e. The Morgan fingerprint density at radius 3 is 2.74 bits per heavy atom. The fraction of sp³-hybridized carbons (Fsp3) is 0.632. The molecule has 2 aliphatic rings. The molecule has 1 aromatic rings. The standard InChI is InChI=1S/C19H28N2O2/c1-19(2,3)23-18(22)21-15-7-8-16-14(12-15)6-9-17(16)20-11-10-13-4-5-13/h7-8,12-13,17,20H,4-6,9-11H2,1-3H3,(H,21,22). The van der Waals surface area contributed by atoms with E-state index in [0.29, 0.717) is 6.04 Å². The van der Waals surface area contributed by atoms with Gasteiger partial charge in [-0.25, -0.2) is 4.79 Å². The lowest BCUT2D eigenvalue weighted by Gasteiger charge is -2.20. The maximum Gasteiger partial charge on any atom is 0.412 e. The molecule has 0 saturated heterocycles. The summed E-state index contributed by atoms with van der Waals surface area (Å²) in [4.78, 5) is 11.9. The average Bonchev–Trinajstić information content (AvgIpc) is 3.17. The number of carbonyl (C=O) groups excluding carboxylic acids is 1. The van der Waals surface area contributed by atoms with E-state index in [-0.39, 0.29) is 0 Å². The van der Waals surface area contributed by atoms with E-state index in [9.17, 15) is 4.79 Å². The molecular formula is C19H28N2O2. The zero-order valence-corrected chi connectivity index (χ0v) is 14.4. The van der Waals surface area contributed by atoms with Gasteiger partial charge in [0.05, 0.1) is 0 Å². The Morgan fingerprint density at radius 2 is 2.04 bits per heavy atom. The van der Waals surface area contributed by atoms with Crippen LogP contribution in [0.4, 0.5) is 10.5 Å². The van der Waals surface area contributed by atoms with Gasteiger partial charge >= 0.3 is 6.09 Å². The zero-order chi connectivity index (χ0) is 16.4. The van der Waals surface area contributed by atoms with Crippen molar-refractivity contribution in [1.82, 2.24) is 5.32 Å². The molecule has 3 rings (SSSR count). The van der Waals surface area contributed by atoms with E-state index in [2.05, 4.69) is 22.8 Å². The Bertz CT molecular complexity index is 573. The summed E-state index contributed by atoms with van der Waals surface area (Å²) >= 11 is 0. The van der Waals surface area contributed by atoms with Gasteiger partial charge in [-0.3, -0.25) is 5.32 Å². The number of aryl methyl sites for hydroxylation is 1. The molecule has 2 aliphatic carbocycles. The van der Waals surface area contributed by atoms with Crippen LogP contribution in [0.3, 0.4) is 0 Å². The third-order valence-corrected chi connectivity index (χ3v) is 4.51. The zero-order valence-electron chi connectivity index (χ0n) is 14.4. The van der Waals surface area contributed by atoms with Gasteiger partial charge in [0.15, 0.2) is 0 Å². The summed E-state index contributed by atoms with van der Waals surface area (Å²) in [5.41, 5.74) is 3.06. The summed E-state index contributed by atoms with van der Waals surface area (Å²) in [6, 6.07) is 6.68. The Morgan fingerprint density at radius 1 is 1.26 bits per heavy atom. The first-order chi connectivity index (χ1) is 10.9. The van der Waals surface area contributed by atoms with Gasteiger partial charge < -0.3 is 10.1 Å². The molecule has 126 valence electrons. The fourth-order valence-electron chi connectivity index (χ4n) is 3.20. The normalized spacial score (nSPS) is 20.2. The summed E-state index contributed by atoms with van der Waals surface area (Å²) in [5.74, 6) is 0.976. The molecule has 1 saturated carbocycles. The van der Waals surface area contributed by atoms with E-state index >= 15 is 0 Å². The van der Waals surface area contributed by atoms with Crippen molar-refractivity contribution in [1.29, 1.82) is 0 Å². The van der Waals surface area contributed by atoms with Crippen molar-refractivity contribution >= 4 is 11.8 Å². The van der Waals surface area contributed by atoms with E-state index in [1.807, 2.05) is 26.8 Å². The highest BCUT2D eigenvalue weighted by Gasteiger charge is 2.25. The predicted octanol–water partition coefficient (Wildman–Crippen LogP) is 4.41. The van der Waals surface area contributed by atoms with Crippen LogP contribution >= 0.6 is 0 Å². The van der Waals surface area contributed by atoms with Crippen LogP contribution in [0.2, 0.25) is 0 Å². The third kappa shape index (κ3) is 4.71. The molecule has 1 fully saturated rings. The molecule has 1 aromatic carbocycles. The van der Waals surface area contributed by atoms with Crippen molar-refractivity contribution in [3.05, 3.63) is 29.3 Å². The van der Waals surface area contributed by atoms with Crippen LogP contribution in [0.1, 0.15) is 63.6 Å². The second-order valence-corrected chi connectivity index (χ2v) is 7.82. The van der Waals surface area contributed by atoms with E-state index in [1.165, 1.54) is 30.4 Å². The molecule has 2 N–H and O–H groups in total. The van der Waals surface area contributed by atoms with Crippen molar-refractivity contribution in [3.63, 3.8) is 0 Å². The number of fused-ring (bicyclic) bond motifs is 1. The van der Waals surface area contributed by atoms with E-state index in [0.717, 1.165) is 31.0 Å². The molecule has 4 heteroatoms. The summed E-state index contributed by atoms with van der Waals surface area (Å²) in [7, 11) is 0. The van der Waals surface area contributed by atoms with Crippen LogP contribution in [-0.4, -0.2) is 18.2 Å². The number of nitrogens with one attached hydrogen (secondary N) is 2. The molecule has 4 nitrogen and oxygen atoms in total. The van der Waals surface area contributed by atoms with Crippen LogP contribution in [0, 0.1) is 5.92 Å². The van der Waals surface area contributed by atoms with Crippen LogP contribution in [-0.2, 0) is 11.2 Å². The highest BCUT2D eigenvalue weighted by Crippen LogP contribution is 2.35. The van der Waals surface area contributed by atoms with Crippen LogP contribution < -0.4 is 10.6 Å². The summed E-state index contributed by atoms with van der Waals surface area (Å²) in [5, 5.41) is 6.52. The SMILES string of the molecule is CC(C)(C)OC(=O)Nc1ccc2c(c1)CCC2NCCC1CC1. The second kappa shape index (κ2) is 6.52. The van der Waals surface area contributed by atoms with E-state index in [1.54, 1.807) is 0 Å². The number of hydrogen-bond acceptors (Lipinski definition) is 3. The average molecular weight is 316 g/mol. The molecule has 0 aliphatic heterocycles. The number of benzene rings is 1. The number of rotatable bonds is 5. The molecule has 1 unspecified atom stereocenters. The van der Waals surface area contributed by atoms with Gasteiger partial charge in [0, 0.05) is 11.7 Å².